The van der Waals surface area contributed by atoms with Gasteiger partial charge in [0.25, 0.3) is 0 Å². The van der Waals surface area contributed by atoms with Gasteiger partial charge in [0.15, 0.2) is 0 Å². The Morgan fingerprint density at radius 3 is 2.44 bits per heavy atom. The first-order valence-corrected chi connectivity index (χ1v) is 12.3. The molecule has 0 atom stereocenters. The molecule has 0 radical (unpaired) electrons. The van der Waals surface area contributed by atoms with Gasteiger partial charge in [0.2, 0.25) is 0 Å². The number of rotatable bonds is 6. The monoisotopic (exact) mass is 278 g/mol. The molecule has 0 heterocycles. The Hall–Kier alpha value is -0.732. The van der Waals surface area contributed by atoms with E-state index in [4.69, 9.17) is 5.26 Å². The van der Waals surface area contributed by atoms with Crippen LogP contribution in [0.3, 0.4) is 0 Å². The van der Waals surface area contributed by atoms with Crippen molar-refractivity contribution >= 4 is 13.6 Å². The van der Waals surface area contributed by atoms with Crippen LogP contribution in [-0.4, -0.2) is 13.6 Å². The summed E-state index contributed by atoms with van der Waals surface area (Å²) in [5.41, 5.74) is 6.40. The van der Waals surface area contributed by atoms with Crippen molar-refractivity contribution in [3.8, 4) is 6.07 Å². The van der Waals surface area contributed by atoms with Crippen LogP contribution in [0.1, 0.15) is 18.4 Å². The predicted octanol–water partition coefficient (Wildman–Crippen LogP) is 4.24. The van der Waals surface area contributed by atoms with Gasteiger partial charge in [0, 0.05) is 0 Å². The van der Waals surface area contributed by atoms with E-state index >= 15 is 0 Å². The molecule has 0 amide bonds. The van der Waals surface area contributed by atoms with E-state index in [1.807, 2.05) is 0 Å². The zero-order valence-electron chi connectivity index (χ0n) is 10.3. The third kappa shape index (κ3) is 5.38. The summed E-state index contributed by atoms with van der Waals surface area (Å²) in [7, 11) is 0. The van der Waals surface area contributed by atoms with Gasteiger partial charge in [-0.2, -0.15) is 0 Å². The maximum atomic E-state index is 8.54. The van der Waals surface area contributed by atoms with Crippen LogP contribution in [0.15, 0.2) is 30.3 Å². The third-order valence-electron chi connectivity index (χ3n) is 2.90. The van der Waals surface area contributed by atoms with Crippen molar-refractivity contribution in [2.75, 3.05) is 0 Å². The number of unbranched alkanes of at least 4 members (excludes halogenated alkanes) is 1. The van der Waals surface area contributed by atoms with Crippen molar-refractivity contribution in [2.24, 2.45) is 0 Å². The van der Waals surface area contributed by atoms with Gasteiger partial charge in [-0.25, -0.2) is 0 Å². The molecule has 0 aliphatic rings. The number of hydrogen-bond acceptors (Lipinski definition) is 1. The Kier molecular flexibility index (Phi) is 5.64. The zero-order chi connectivity index (χ0) is 11.9. The maximum absolute atomic E-state index is 8.54. The molecule has 0 fully saturated rings. The summed E-state index contributed by atoms with van der Waals surface area (Å²) in [5, 5.41) is 11.2. The molecule has 0 N–H and O–H groups in total. The number of benzene rings is 1. The fraction of sp³-hybridized carbons (Fsp3) is 0.500. The first-order valence-electron chi connectivity index (χ1n) is 5.87. The summed E-state index contributed by atoms with van der Waals surface area (Å²) < 4.78 is 0. The summed E-state index contributed by atoms with van der Waals surface area (Å²) in [6, 6.07) is 13.0. The molecule has 0 spiro atoms. The van der Waals surface area contributed by atoms with Gasteiger partial charge < -0.3 is 0 Å². The van der Waals surface area contributed by atoms with Gasteiger partial charge in [0.05, 0.1) is 0 Å². The average molecular weight is 278 g/mol. The van der Waals surface area contributed by atoms with Gasteiger partial charge in [-0.15, -0.1) is 0 Å². The van der Waals surface area contributed by atoms with Gasteiger partial charge in [-0.3, -0.25) is 0 Å². The molecule has 0 aliphatic heterocycles. The van der Waals surface area contributed by atoms with Crippen LogP contribution in [-0.2, 0) is 6.42 Å². The van der Waals surface area contributed by atoms with Crippen molar-refractivity contribution in [2.45, 2.75) is 41.1 Å². The van der Waals surface area contributed by atoms with E-state index in [0.29, 0.717) is 0 Å². The van der Waals surface area contributed by atoms with Crippen molar-refractivity contribution < 1.29 is 0 Å². The minimum atomic E-state index is -1.41. The summed E-state index contributed by atoms with van der Waals surface area (Å²) >= 11 is -1.41. The van der Waals surface area contributed by atoms with Crippen molar-refractivity contribution in [3.05, 3.63) is 35.9 Å². The Morgan fingerprint density at radius 2 is 1.81 bits per heavy atom. The zero-order valence-corrected chi connectivity index (χ0v) is 12.2. The third-order valence-corrected chi connectivity index (χ3v) is 9.11. The molecule has 0 saturated heterocycles. The van der Waals surface area contributed by atoms with Gasteiger partial charge in [-0.05, 0) is 0 Å². The normalized spacial score (nSPS) is 11.1. The molecule has 1 aromatic carbocycles. The van der Waals surface area contributed by atoms with E-state index in [0.717, 1.165) is 12.8 Å². The Balaban J connectivity index is 2.33. The molecule has 1 nitrogen and oxygen atoms in total. The van der Waals surface area contributed by atoms with Crippen LogP contribution in [0.4, 0.5) is 0 Å². The van der Waals surface area contributed by atoms with E-state index < -0.39 is 13.6 Å². The molecule has 0 aliphatic carbocycles. The second kappa shape index (κ2) is 6.77. The molecule has 0 bridgehead atoms. The summed E-state index contributed by atoms with van der Waals surface area (Å²) in [6.45, 7) is 0. The average Bonchev–Trinajstić information content (AvgIpc) is 2.28. The Morgan fingerprint density at radius 1 is 1.12 bits per heavy atom. The van der Waals surface area contributed by atoms with Crippen LogP contribution in [0.5, 0.6) is 0 Å². The molecule has 1 aromatic rings. The SMILES string of the molecule is C[As+](C)(CCCC#N)CCc1ccccc1. The molecule has 0 aromatic heterocycles. The summed E-state index contributed by atoms with van der Waals surface area (Å²) in [5.74, 6) is 0. The second-order valence-electron chi connectivity index (χ2n) is 4.88. The molecule has 16 heavy (non-hydrogen) atoms. The van der Waals surface area contributed by atoms with Crippen LogP contribution in [0, 0.1) is 11.3 Å². The molecular weight excluding hydrogens is 257 g/mol. The minimum absolute atomic E-state index is 0.732. The predicted molar refractivity (Wildman–Crippen MR) is 72.1 cm³/mol. The Bertz CT molecular complexity index is 338. The van der Waals surface area contributed by atoms with Crippen molar-refractivity contribution in [3.63, 3.8) is 0 Å². The molecular formula is C14H21AsN+. The van der Waals surface area contributed by atoms with Crippen LogP contribution in [0.25, 0.3) is 0 Å². The van der Waals surface area contributed by atoms with Crippen molar-refractivity contribution in [1.82, 2.24) is 0 Å². The van der Waals surface area contributed by atoms with Crippen LogP contribution < -0.4 is 0 Å². The van der Waals surface area contributed by atoms with Crippen LogP contribution >= 0.6 is 0 Å². The first kappa shape index (κ1) is 13.3. The van der Waals surface area contributed by atoms with Gasteiger partial charge in [0.1, 0.15) is 0 Å². The molecule has 0 saturated carbocycles. The van der Waals surface area contributed by atoms with Gasteiger partial charge >= 0.3 is 102 Å². The van der Waals surface area contributed by atoms with Crippen molar-refractivity contribution in [1.29, 1.82) is 5.26 Å². The standard InChI is InChI=1S/C14H21AsN/c1-15(2,11-6-7-13-16)12-10-14-8-4-3-5-9-14/h3-5,8-9H,6-7,10-12H2,1-2H3/q+1. The number of nitriles is 1. The molecule has 1 rings (SSSR count). The van der Waals surface area contributed by atoms with E-state index in [9.17, 15) is 0 Å². The topological polar surface area (TPSA) is 23.8 Å². The fourth-order valence-electron chi connectivity index (χ4n) is 1.77. The fourth-order valence-corrected chi connectivity index (χ4v) is 6.18. The second-order valence-corrected chi connectivity index (χ2v) is 14.9. The molecule has 0 unspecified atom stereocenters. The number of hydrogen-bond donors (Lipinski definition) is 0. The summed E-state index contributed by atoms with van der Waals surface area (Å²) in [4.78, 5) is 0. The first-order chi connectivity index (χ1) is 7.64. The quantitative estimate of drug-likeness (QED) is 0.564. The summed E-state index contributed by atoms with van der Waals surface area (Å²) in [6.07, 6.45) is 3.05. The van der Waals surface area contributed by atoms with Crippen LogP contribution in [0.2, 0.25) is 21.8 Å². The van der Waals surface area contributed by atoms with E-state index in [-0.39, 0.29) is 0 Å². The van der Waals surface area contributed by atoms with Gasteiger partial charge in [-0.1, -0.05) is 0 Å². The number of aryl methyl sites for hydroxylation is 1. The van der Waals surface area contributed by atoms with E-state index in [1.54, 1.807) is 0 Å². The molecule has 2 heteroatoms. The van der Waals surface area contributed by atoms with E-state index in [2.05, 4.69) is 47.8 Å². The number of nitrogens with zero attached hydrogens (tertiary/aromatic N) is 1. The Labute approximate surface area is 102 Å². The van der Waals surface area contributed by atoms with E-state index in [1.165, 1.54) is 22.4 Å². The molecule has 86 valence electrons.